The molecule has 2 amide bonds. The van der Waals surface area contributed by atoms with Crippen molar-refractivity contribution in [3.8, 4) is 5.75 Å². The van der Waals surface area contributed by atoms with Crippen LogP contribution in [-0.4, -0.2) is 18.9 Å². The summed E-state index contributed by atoms with van der Waals surface area (Å²) in [5.74, 6) is 0.257. The van der Waals surface area contributed by atoms with Crippen molar-refractivity contribution in [2.45, 2.75) is 26.7 Å². The first-order valence-electron chi connectivity index (χ1n) is 7.90. The van der Waals surface area contributed by atoms with Gasteiger partial charge in [-0.15, -0.1) is 0 Å². The number of rotatable bonds is 6. The number of anilines is 2. The zero-order chi connectivity index (χ0) is 17.5. The highest BCUT2D eigenvalue weighted by Crippen LogP contribution is 2.28. The van der Waals surface area contributed by atoms with Crippen LogP contribution in [0.3, 0.4) is 0 Å². The first-order valence-corrected chi connectivity index (χ1v) is 7.90. The summed E-state index contributed by atoms with van der Waals surface area (Å²) in [7, 11) is 1.54. The second kappa shape index (κ2) is 8.15. The summed E-state index contributed by atoms with van der Waals surface area (Å²) < 4.78 is 5.29. The summed E-state index contributed by atoms with van der Waals surface area (Å²) in [5, 5.41) is 5.66. The van der Waals surface area contributed by atoms with Crippen LogP contribution < -0.4 is 15.4 Å². The lowest BCUT2D eigenvalue weighted by molar-refractivity contribution is -0.116. The van der Waals surface area contributed by atoms with Gasteiger partial charge in [0, 0.05) is 17.7 Å². The molecule has 0 atom stereocenters. The molecule has 0 heterocycles. The third-order valence-corrected chi connectivity index (χ3v) is 3.60. The van der Waals surface area contributed by atoms with E-state index in [0.29, 0.717) is 29.1 Å². The molecule has 0 aliphatic rings. The summed E-state index contributed by atoms with van der Waals surface area (Å²) >= 11 is 0. The second-order valence-electron chi connectivity index (χ2n) is 5.48. The predicted molar refractivity (Wildman–Crippen MR) is 95.7 cm³/mol. The van der Waals surface area contributed by atoms with Crippen molar-refractivity contribution in [2.75, 3.05) is 17.7 Å². The first kappa shape index (κ1) is 17.5. The van der Waals surface area contributed by atoms with Gasteiger partial charge in [0.1, 0.15) is 5.75 Å². The molecule has 2 N–H and O–H groups in total. The molecule has 24 heavy (non-hydrogen) atoms. The molecule has 126 valence electrons. The van der Waals surface area contributed by atoms with Gasteiger partial charge < -0.3 is 15.4 Å². The summed E-state index contributed by atoms with van der Waals surface area (Å²) in [4.78, 5) is 24.2. The Kier molecular flexibility index (Phi) is 5.95. The lowest BCUT2D eigenvalue weighted by atomic mass is 10.1. The summed E-state index contributed by atoms with van der Waals surface area (Å²) in [6, 6.07) is 12.5. The molecule has 2 rings (SSSR count). The maximum Gasteiger partial charge on any atom is 0.256 e. The fourth-order valence-electron chi connectivity index (χ4n) is 2.35. The largest absolute Gasteiger partial charge is 0.495 e. The van der Waals surface area contributed by atoms with Crippen LogP contribution in [0.25, 0.3) is 0 Å². The number of methoxy groups -OCH3 is 1. The Morgan fingerprint density at radius 3 is 2.50 bits per heavy atom. The molecule has 0 saturated heterocycles. The summed E-state index contributed by atoms with van der Waals surface area (Å²) in [5.41, 5.74) is 2.62. The Bertz CT molecular complexity index is 741. The number of carbonyl (C=O) groups excluding carboxylic acids is 2. The monoisotopic (exact) mass is 326 g/mol. The van der Waals surface area contributed by atoms with Crippen LogP contribution in [0.15, 0.2) is 42.5 Å². The van der Waals surface area contributed by atoms with Gasteiger partial charge in [-0.05, 0) is 43.2 Å². The maximum atomic E-state index is 12.5. The lowest BCUT2D eigenvalue weighted by Gasteiger charge is -2.13. The van der Waals surface area contributed by atoms with Gasteiger partial charge in [0.15, 0.2) is 0 Å². The zero-order valence-electron chi connectivity index (χ0n) is 14.2. The smallest absolute Gasteiger partial charge is 0.256 e. The molecule has 2 aromatic carbocycles. The van der Waals surface area contributed by atoms with Crippen molar-refractivity contribution in [3.63, 3.8) is 0 Å². The highest BCUT2D eigenvalue weighted by Gasteiger charge is 2.13. The number of amides is 2. The Balaban J connectivity index is 2.23. The van der Waals surface area contributed by atoms with Crippen molar-refractivity contribution in [3.05, 3.63) is 53.6 Å². The van der Waals surface area contributed by atoms with Gasteiger partial charge >= 0.3 is 0 Å². The number of hydrogen-bond acceptors (Lipinski definition) is 3. The number of nitrogens with one attached hydrogen (secondary N) is 2. The van der Waals surface area contributed by atoms with Crippen molar-refractivity contribution in [2.24, 2.45) is 0 Å². The third-order valence-electron chi connectivity index (χ3n) is 3.60. The van der Waals surface area contributed by atoms with Crippen LogP contribution in [0.2, 0.25) is 0 Å². The van der Waals surface area contributed by atoms with Gasteiger partial charge in [0.05, 0.1) is 12.8 Å². The standard InChI is InChI=1S/C19H22N2O3/c1-4-7-18(22)20-14-10-11-17(24-3)16(12-14)21-19(23)15-9-6-5-8-13(15)2/h5-6,8-12H,4,7H2,1-3H3,(H,20,22)(H,21,23). The van der Waals surface area contributed by atoms with Gasteiger partial charge in [-0.1, -0.05) is 25.1 Å². The minimum absolute atomic E-state index is 0.0566. The van der Waals surface area contributed by atoms with Crippen LogP contribution in [0, 0.1) is 6.92 Å². The highest BCUT2D eigenvalue weighted by molar-refractivity contribution is 6.06. The highest BCUT2D eigenvalue weighted by atomic mass is 16.5. The minimum atomic E-state index is -0.219. The summed E-state index contributed by atoms with van der Waals surface area (Å²) in [6.07, 6.45) is 1.23. The number of carbonyl (C=O) groups is 2. The Morgan fingerprint density at radius 1 is 1.08 bits per heavy atom. The molecule has 0 aliphatic heterocycles. The average Bonchev–Trinajstić information content (AvgIpc) is 2.55. The van der Waals surface area contributed by atoms with Crippen LogP contribution in [0.5, 0.6) is 5.75 Å². The first-order chi connectivity index (χ1) is 11.5. The van der Waals surface area contributed by atoms with Gasteiger partial charge in [0.25, 0.3) is 5.91 Å². The fraction of sp³-hybridized carbons (Fsp3) is 0.263. The third kappa shape index (κ3) is 4.35. The Hall–Kier alpha value is -2.82. The van der Waals surface area contributed by atoms with E-state index in [0.717, 1.165) is 12.0 Å². The average molecular weight is 326 g/mol. The van der Waals surface area contributed by atoms with E-state index >= 15 is 0 Å². The molecule has 0 radical (unpaired) electrons. The van der Waals surface area contributed by atoms with Crippen LogP contribution >= 0.6 is 0 Å². The van der Waals surface area contributed by atoms with Gasteiger partial charge in [-0.25, -0.2) is 0 Å². The van der Waals surface area contributed by atoms with E-state index in [2.05, 4.69) is 10.6 Å². The molecular weight excluding hydrogens is 304 g/mol. The van der Waals surface area contributed by atoms with Crippen molar-refractivity contribution >= 4 is 23.2 Å². The van der Waals surface area contributed by atoms with Crippen LogP contribution in [0.1, 0.15) is 35.7 Å². The Morgan fingerprint density at radius 2 is 1.83 bits per heavy atom. The maximum absolute atomic E-state index is 12.5. The van der Waals surface area contributed by atoms with Crippen molar-refractivity contribution in [1.29, 1.82) is 0 Å². The molecule has 5 nitrogen and oxygen atoms in total. The van der Waals surface area contributed by atoms with E-state index < -0.39 is 0 Å². The molecule has 0 bridgehead atoms. The topological polar surface area (TPSA) is 67.4 Å². The molecule has 0 fully saturated rings. The van der Waals surface area contributed by atoms with E-state index in [4.69, 9.17) is 4.74 Å². The zero-order valence-corrected chi connectivity index (χ0v) is 14.2. The molecule has 0 spiro atoms. The molecule has 2 aromatic rings. The van der Waals surface area contributed by atoms with E-state index in [1.165, 1.54) is 7.11 Å². The minimum Gasteiger partial charge on any atom is -0.495 e. The van der Waals surface area contributed by atoms with Crippen molar-refractivity contribution < 1.29 is 14.3 Å². The predicted octanol–water partition coefficient (Wildman–Crippen LogP) is 3.99. The van der Waals surface area contributed by atoms with Crippen LogP contribution in [0.4, 0.5) is 11.4 Å². The van der Waals surface area contributed by atoms with E-state index in [-0.39, 0.29) is 11.8 Å². The normalized spacial score (nSPS) is 10.1. The second-order valence-corrected chi connectivity index (χ2v) is 5.48. The molecule has 0 aromatic heterocycles. The Labute approximate surface area is 142 Å². The lowest BCUT2D eigenvalue weighted by Crippen LogP contribution is -2.15. The van der Waals surface area contributed by atoms with E-state index in [9.17, 15) is 9.59 Å². The number of hydrogen-bond donors (Lipinski definition) is 2. The molecule has 0 unspecified atom stereocenters. The molecule has 0 saturated carbocycles. The van der Waals surface area contributed by atoms with Crippen LogP contribution in [-0.2, 0) is 4.79 Å². The molecule has 5 heteroatoms. The van der Waals surface area contributed by atoms with Gasteiger partial charge in [-0.3, -0.25) is 9.59 Å². The SMILES string of the molecule is CCCC(=O)Nc1ccc(OC)c(NC(=O)c2ccccc2C)c1. The van der Waals surface area contributed by atoms with E-state index in [1.54, 1.807) is 24.3 Å². The van der Waals surface area contributed by atoms with Crippen molar-refractivity contribution in [1.82, 2.24) is 0 Å². The quantitative estimate of drug-likeness (QED) is 0.843. The number of aryl methyl sites for hydroxylation is 1. The van der Waals surface area contributed by atoms with E-state index in [1.807, 2.05) is 32.0 Å². The summed E-state index contributed by atoms with van der Waals surface area (Å²) in [6.45, 7) is 3.83. The van der Waals surface area contributed by atoms with Gasteiger partial charge in [-0.2, -0.15) is 0 Å². The fourth-order valence-corrected chi connectivity index (χ4v) is 2.35. The molecular formula is C19H22N2O3. The number of ether oxygens (including phenoxy) is 1. The van der Waals surface area contributed by atoms with Gasteiger partial charge in [0.2, 0.25) is 5.91 Å². The number of benzene rings is 2. The molecule has 0 aliphatic carbocycles.